The van der Waals surface area contributed by atoms with E-state index in [1.54, 1.807) is 0 Å². The van der Waals surface area contributed by atoms with Crippen LogP contribution in [0.5, 0.6) is 11.5 Å². The van der Waals surface area contributed by atoms with E-state index in [1.165, 1.54) is 5.57 Å². The summed E-state index contributed by atoms with van der Waals surface area (Å²) in [5, 5.41) is 0.667. The first-order chi connectivity index (χ1) is 16.0. The quantitative estimate of drug-likeness (QED) is 0.473. The van der Waals surface area contributed by atoms with Gasteiger partial charge >= 0.3 is 0 Å². The molecule has 0 radical (unpaired) electrons. The van der Waals surface area contributed by atoms with Crippen LogP contribution in [-0.4, -0.2) is 24.0 Å². The van der Waals surface area contributed by atoms with Crippen LogP contribution in [0.1, 0.15) is 56.3 Å². The van der Waals surface area contributed by atoms with Crippen LogP contribution in [0.25, 0.3) is 0 Å². The molecule has 5 heteroatoms. The van der Waals surface area contributed by atoms with E-state index in [2.05, 4.69) is 31.2 Å². The SMILES string of the molecule is CCOc1cc2c(cc1OCC)C(c1ccc(Cl)cc1)N(C1=CCCC=C(C)C=C1)C(=O)C2. The maximum absolute atomic E-state index is 13.6. The molecule has 1 aliphatic carbocycles. The highest BCUT2D eigenvalue weighted by atomic mass is 35.5. The topological polar surface area (TPSA) is 38.8 Å². The van der Waals surface area contributed by atoms with Crippen LogP contribution in [0.15, 0.2) is 72.0 Å². The van der Waals surface area contributed by atoms with Crippen LogP contribution in [0.2, 0.25) is 5.02 Å². The molecule has 4 nitrogen and oxygen atoms in total. The Bertz CT molecular complexity index is 1110. The van der Waals surface area contributed by atoms with Crippen molar-refractivity contribution < 1.29 is 14.3 Å². The minimum Gasteiger partial charge on any atom is -0.490 e. The summed E-state index contributed by atoms with van der Waals surface area (Å²) in [5.74, 6) is 1.44. The minimum atomic E-state index is -0.284. The molecule has 1 amide bonds. The molecule has 1 atom stereocenters. The van der Waals surface area contributed by atoms with E-state index in [4.69, 9.17) is 21.1 Å². The Morgan fingerprint density at radius 2 is 1.64 bits per heavy atom. The number of carbonyl (C=O) groups excluding carboxylic acids is 1. The zero-order chi connectivity index (χ0) is 23.4. The second-order valence-corrected chi connectivity index (χ2v) is 8.68. The van der Waals surface area contributed by atoms with Crippen LogP contribution in [0.4, 0.5) is 0 Å². The van der Waals surface area contributed by atoms with Crippen LogP contribution in [0.3, 0.4) is 0 Å². The highest BCUT2D eigenvalue weighted by Crippen LogP contribution is 2.43. The van der Waals surface area contributed by atoms with Gasteiger partial charge in [0.15, 0.2) is 11.5 Å². The molecule has 172 valence electrons. The first-order valence-corrected chi connectivity index (χ1v) is 11.9. The van der Waals surface area contributed by atoms with Crippen LogP contribution >= 0.6 is 11.6 Å². The average Bonchev–Trinajstić information content (AvgIpc) is 2.78. The monoisotopic (exact) mass is 463 g/mol. The van der Waals surface area contributed by atoms with Gasteiger partial charge in [-0.25, -0.2) is 0 Å². The van der Waals surface area contributed by atoms with E-state index >= 15 is 0 Å². The van der Waals surface area contributed by atoms with E-state index in [0.29, 0.717) is 36.2 Å². The maximum atomic E-state index is 13.6. The van der Waals surface area contributed by atoms with Crippen molar-refractivity contribution in [2.75, 3.05) is 13.2 Å². The van der Waals surface area contributed by atoms with Gasteiger partial charge in [0.05, 0.1) is 25.7 Å². The van der Waals surface area contributed by atoms with Crippen molar-refractivity contribution in [3.05, 3.63) is 93.7 Å². The summed E-state index contributed by atoms with van der Waals surface area (Å²) in [6.07, 6.45) is 10.7. The van der Waals surface area contributed by atoms with Crippen molar-refractivity contribution in [2.24, 2.45) is 0 Å². The number of fused-ring (bicyclic) bond motifs is 1. The Kier molecular flexibility index (Phi) is 7.24. The Balaban J connectivity index is 1.89. The fraction of sp³-hybridized carbons (Fsp3) is 0.321. The molecule has 2 aliphatic rings. The van der Waals surface area contributed by atoms with E-state index in [9.17, 15) is 4.79 Å². The summed E-state index contributed by atoms with van der Waals surface area (Å²) in [5.41, 5.74) is 5.14. The molecule has 0 bridgehead atoms. The first kappa shape index (κ1) is 23.2. The molecule has 1 heterocycles. The van der Waals surface area contributed by atoms with Crippen molar-refractivity contribution in [1.29, 1.82) is 0 Å². The van der Waals surface area contributed by atoms with Crippen molar-refractivity contribution in [3.8, 4) is 11.5 Å². The third kappa shape index (κ3) is 5.01. The molecule has 0 saturated heterocycles. The summed E-state index contributed by atoms with van der Waals surface area (Å²) in [6, 6.07) is 11.5. The van der Waals surface area contributed by atoms with Crippen LogP contribution in [-0.2, 0) is 11.2 Å². The number of amides is 1. The van der Waals surface area contributed by atoms with Crippen molar-refractivity contribution in [3.63, 3.8) is 0 Å². The summed E-state index contributed by atoms with van der Waals surface area (Å²) in [6.45, 7) is 7.06. The predicted molar refractivity (Wildman–Crippen MR) is 133 cm³/mol. The number of hydrogen-bond acceptors (Lipinski definition) is 3. The average molecular weight is 464 g/mol. The number of allylic oxidation sites excluding steroid dienone is 5. The molecule has 0 N–H and O–H groups in total. The number of benzene rings is 2. The van der Waals surface area contributed by atoms with Gasteiger partial charge < -0.3 is 14.4 Å². The highest BCUT2D eigenvalue weighted by Gasteiger charge is 2.36. The lowest BCUT2D eigenvalue weighted by Crippen LogP contribution is -2.40. The van der Waals surface area contributed by atoms with Gasteiger partial charge in [-0.05, 0) is 80.6 Å². The lowest BCUT2D eigenvalue weighted by atomic mass is 9.86. The molecular weight excluding hydrogens is 434 g/mol. The lowest BCUT2D eigenvalue weighted by Gasteiger charge is -2.39. The summed E-state index contributed by atoms with van der Waals surface area (Å²) < 4.78 is 11.8. The largest absolute Gasteiger partial charge is 0.490 e. The molecule has 0 saturated carbocycles. The second-order valence-electron chi connectivity index (χ2n) is 8.25. The van der Waals surface area contributed by atoms with Crippen molar-refractivity contribution >= 4 is 17.5 Å². The molecule has 0 aromatic heterocycles. The molecule has 1 unspecified atom stereocenters. The number of hydrogen-bond donors (Lipinski definition) is 0. The predicted octanol–water partition coefficient (Wildman–Crippen LogP) is 6.79. The van der Waals surface area contributed by atoms with Crippen molar-refractivity contribution in [2.45, 2.75) is 46.1 Å². The maximum Gasteiger partial charge on any atom is 0.232 e. The van der Waals surface area contributed by atoms with Gasteiger partial charge in [-0.15, -0.1) is 0 Å². The zero-order valence-corrected chi connectivity index (χ0v) is 20.2. The van der Waals surface area contributed by atoms with Gasteiger partial charge in [0.25, 0.3) is 0 Å². The lowest BCUT2D eigenvalue weighted by molar-refractivity contribution is -0.130. The van der Waals surface area contributed by atoms with Crippen molar-refractivity contribution in [1.82, 2.24) is 4.90 Å². The standard InChI is InChI=1S/C28H30ClNO3/c1-4-32-25-16-21-17-27(31)30(23-9-7-6-8-19(3)10-15-23)28(20-11-13-22(29)14-12-20)24(21)18-26(25)33-5-2/h8-16,18,28H,4-7,17H2,1-3H3. The van der Waals surface area contributed by atoms with Gasteiger partial charge in [0, 0.05) is 10.7 Å². The smallest absolute Gasteiger partial charge is 0.232 e. The molecule has 2 aromatic carbocycles. The molecule has 2 aromatic rings. The first-order valence-electron chi connectivity index (χ1n) is 11.6. The number of nitrogens with zero attached hydrogens (tertiary/aromatic N) is 1. The number of ether oxygens (including phenoxy) is 2. The molecule has 0 spiro atoms. The molecule has 33 heavy (non-hydrogen) atoms. The fourth-order valence-electron chi connectivity index (χ4n) is 4.43. The van der Waals surface area contributed by atoms with Crippen LogP contribution < -0.4 is 9.47 Å². The Labute approximate surface area is 201 Å². The number of halogens is 1. The summed E-state index contributed by atoms with van der Waals surface area (Å²) in [7, 11) is 0. The van der Waals surface area contributed by atoms with Gasteiger partial charge in [-0.1, -0.05) is 47.5 Å². The number of carbonyl (C=O) groups is 1. The van der Waals surface area contributed by atoms with Gasteiger partial charge in [-0.2, -0.15) is 0 Å². The van der Waals surface area contributed by atoms with E-state index in [0.717, 1.165) is 35.2 Å². The highest BCUT2D eigenvalue weighted by molar-refractivity contribution is 6.30. The second kappa shape index (κ2) is 10.3. The fourth-order valence-corrected chi connectivity index (χ4v) is 4.56. The van der Waals surface area contributed by atoms with Gasteiger partial charge in [0.1, 0.15) is 0 Å². The number of rotatable bonds is 6. The van der Waals surface area contributed by atoms with E-state index in [-0.39, 0.29) is 11.9 Å². The molecular formula is C28H30ClNO3. The summed E-state index contributed by atoms with van der Waals surface area (Å²) in [4.78, 5) is 15.5. The summed E-state index contributed by atoms with van der Waals surface area (Å²) >= 11 is 6.20. The van der Waals surface area contributed by atoms with E-state index < -0.39 is 0 Å². The third-order valence-corrected chi connectivity index (χ3v) is 6.19. The van der Waals surface area contributed by atoms with Crippen LogP contribution in [0, 0.1) is 0 Å². The van der Waals surface area contributed by atoms with E-state index in [1.807, 2.05) is 55.1 Å². The Morgan fingerprint density at radius 1 is 0.970 bits per heavy atom. The zero-order valence-electron chi connectivity index (χ0n) is 19.4. The molecule has 0 fully saturated rings. The Morgan fingerprint density at radius 3 is 2.33 bits per heavy atom. The molecule has 1 aliphatic heterocycles. The third-order valence-electron chi connectivity index (χ3n) is 5.94. The van der Waals surface area contributed by atoms with Gasteiger partial charge in [0.2, 0.25) is 5.91 Å². The minimum absolute atomic E-state index is 0.0622. The van der Waals surface area contributed by atoms with Gasteiger partial charge in [-0.3, -0.25) is 4.79 Å². The Hall–Kier alpha value is -2.98. The normalized spacial score (nSPS) is 18.1. The molecule has 4 rings (SSSR count).